The van der Waals surface area contributed by atoms with Crippen molar-refractivity contribution in [2.75, 3.05) is 19.8 Å². The highest BCUT2D eigenvalue weighted by molar-refractivity contribution is 8.13. The van der Waals surface area contributed by atoms with Crippen LogP contribution in [0.5, 0.6) is 0 Å². The molecule has 1 saturated heterocycles. The molecule has 25 heavy (non-hydrogen) atoms. The van der Waals surface area contributed by atoms with Crippen LogP contribution < -0.4 is 0 Å². The van der Waals surface area contributed by atoms with Crippen molar-refractivity contribution in [2.45, 2.75) is 19.5 Å². The van der Waals surface area contributed by atoms with Crippen molar-refractivity contribution in [3.63, 3.8) is 0 Å². The molecule has 2 heterocycles. The van der Waals surface area contributed by atoms with E-state index in [1.54, 1.807) is 18.8 Å². The van der Waals surface area contributed by atoms with Crippen molar-refractivity contribution in [3.05, 3.63) is 48.0 Å². The zero-order chi connectivity index (χ0) is 18.0. The number of allylic oxidation sites excluding steroid dienone is 1. The average Bonchev–Trinajstić information content (AvgIpc) is 2.98. The SMILES string of the molecule is C/C=C/CSC1=[N+](Cc2ccccc2)C2C(=O)N(C)C(=O)N(C)C2=N1. The fraction of sp³-hybridized carbons (Fsp3) is 0.333. The van der Waals surface area contributed by atoms with E-state index in [4.69, 9.17) is 0 Å². The van der Waals surface area contributed by atoms with E-state index in [1.807, 2.05) is 54.0 Å². The van der Waals surface area contributed by atoms with Crippen LogP contribution in [0.1, 0.15) is 12.5 Å². The monoisotopic (exact) mass is 357 g/mol. The second kappa shape index (κ2) is 7.23. The maximum absolute atomic E-state index is 12.8. The first-order chi connectivity index (χ1) is 12.0. The van der Waals surface area contributed by atoms with Gasteiger partial charge in [0.1, 0.15) is 6.54 Å². The third-order valence-electron chi connectivity index (χ3n) is 4.23. The zero-order valence-electron chi connectivity index (χ0n) is 14.5. The average molecular weight is 357 g/mol. The highest BCUT2D eigenvalue weighted by Gasteiger charge is 2.53. The number of nitrogens with zero attached hydrogens (tertiary/aromatic N) is 4. The molecule has 1 atom stereocenters. The van der Waals surface area contributed by atoms with E-state index in [-0.39, 0.29) is 11.9 Å². The highest BCUT2D eigenvalue weighted by atomic mass is 32.2. The van der Waals surface area contributed by atoms with Crippen LogP contribution in [0, 0.1) is 0 Å². The van der Waals surface area contributed by atoms with Crippen LogP contribution in [0.15, 0.2) is 47.5 Å². The molecule has 0 bridgehead atoms. The van der Waals surface area contributed by atoms with Gasteiger partial charge in [0.15, 0.2) is 0 Å². The molecule has 130 valence electrons. The Morgan fingerprint density at radius 1 is 1.20 bits per heavy atom. The third-order valence-corrected chi connectivity index (χ3v) is 5.18. The minimum atomic E-state index is -0.555. The first kappa shape index (κ1) is 17.4. The molecule has 1 aromatic rings. The van der Waals surface area contributed by atoms with Gasteiger partial charge in [-0.25, -0.2) is 9.37 Å². The summed E-state index contributed by atoms with van der Waals surface area (Å²) < 4.78 is 1.99. The highest BCUT2D eigenvalue weighted by Crippen LogP contribution is 2.24. The Bertz CT molecular complexity index is 786. The van der Waals surface area contributed by atoms with Gasteiger partial charge in [-0.1, -0.05) is 42.5 Å². The Hall–Kier alpha value is -2.41. The van der Waals surface area contributed by atoms with Gasteiger partial charge in [-0.05, 0) is 29.2 Å². The maximum atomic E-state index is 12.8. The molecule has 1 unspecified atom stereocenters. The zero-order valence-corrected chi connectivity index (χ0v) is 15.4. The third kappa shape index (κ3) is 3.24. The van der Waals surface area contributed by atoms with Crippen LogP contribution >= 0.6 is 11.8 Å². The molecule has 1 fully saturated rings. The van der Waals surface area contributed by atoms with Gasteiger partial charge in [0.2, 0.25) is 0 Å². The van der Waals surface area contributed by atoms with E-state index < -0.39 is 6.04 Å². The van der Waals surface area contributed by atoms with Gasteiger partial charge in [-0.15, -0.1) is 0 Å². The molecule has 0 spiro atoms. The number of carbonyl (C=O) groups is 2. The summed E-state index contributed by atoms with van der Waals surface area (Å²) in [7, 11) is 3.18. The van der Waals surface area contributed by atoms with Crippen LogP contribution in [-0.4, -0.2) is 63.2 Å². The minimum Gasteiger partial charge on any atom is -0.269 e. The number of hydrogen-bond acceptors (Lipinski definition) is 4. The largest absolute Gasteiger partial charge is 0.358 e. The topological polar surface area (TPSA) is 56.0 Å². The minimum absolute atomic E-state index is 0.237. The summed E-state index contributed by atoms with van der Waals surface area (Å²) in [5, 5.41) is 0.769. The molecule has 0 N–H and O–H groups in total. The number of fused-ring (bicyclic) bond motifs is 1. The summed E-state index contributed by atoms with van der Waals surface area (Å²) in [5.41, 5.74) is 1.10. The summed E-state index contributed by atoms with van der Waals surface area (Å²) >= 11 is 1.57. The molecule has 0 aromatic heterocycles. The molecule has 0 saturated carbocycles. The molecule has 2 aliphatic heterocycles. The first-order valence-electron chi connectivity index (χ1n) is 8.10. The molecule has 0 radical (unpaired) electrons. The van der Waals surface area contributed by atoms with Crippen molar-refractivity contribution in [1.29, 1.82) is 0 Å². The smallest absolute Gasteiger partial charge is 0.269 e. The number of imide groups is 1. The second-order valence-electron chi connectivity index (χ2n) is 5.89. The van der Waals surface area contributed by atoms with Crippen LogP contribution in [-0.2, 0) is 11.3 Å². The molecule has 6 nitrogen and oxygen atoms in total. The number of amidine groups is 2. The predicted molar refractivity (Wildman–Crippen MR) is 99.8 cm³/mol. The molecular formula is C18H21N4O2S+. The quantitative estimate of drug-likeness (QED) is 0.613. The maximum Gasteiger partial charge on any atom is 0.358 e. The Balaban J connectivity index is 1.98. The Kier molecular flexibility index (Phi) is 5.03. The van der Waals surface area contributed by atoms with Crippen LogP contribution in [0.2, 0.25) is 0 Å². The number of aliphatic imine (C=N–C) groups is 1. The first-order valence-corrected chi connectivity index (χ1v) is 9.08. The van der Waals surface area contributed by atoms with Gasteiger partial charge in [-0.3, -0.25) is 14.6 Å². The van der Waals surface area contributed by atoms with Gasteiger partial charge in [0.05, 0.1) is 0 Å². The summed E-state index contributed by atoms with van der Waals surface area (Å²) in [4.78, 5) is 32.2. The Labute approximate surface area is 151 Å². The molecular weight excluding hydrogens is 336 g/mol. The van der Waals surface area contributed by atoms with Gasteiger partial charge in [0, 0.05) is 19.8 Å². The summed E-state index contributed by atoms with van der Waals surface area (Å²) in [6.07, 6.45) is 4.03. The van der Waals surface area contributed by atoms with Crippen molar-refractivity contribution in [1.82, 2.24) is 9.80 Å². The van der Waals surface area contributed by atoms with Crippen molar-refractivity contribution in [2.24, 2.45) is 4.99 Å². The summed E-state index contributed by atoms with van der Waals surface area (Å²) in [6, 6.07) is 9.07. The van der Waals surface area contributed by atoms with E-state index in [1.165, 1.54) is 16.8 Å². The van der Waals surface area contributed by atoms with Crippen LogP contribution in [0.3, 0.4) is 0 Å². The van der Waals surface area contributed by atoms with Gasteiger partial charge in [0.25, 0.3) is 17.8 Å². The van der Waals surface area contributed by atoms with Crippen molar-refractivity contribution < 1.29 is 14.2 Å². The number of rotatable bonds is 4. The Morgan fingerprint density at radius 2 is 1.92 bits per heavy atom. The molecule has 7 heteroatoms. The van der Waals surface area contributed by atoms with Gasteiger partial charge >= 0.3 is 11.2 Å². The number of urea groups is 1. The van der Waals surface area contributed by atoms with E-state index in [0.717, 1.165) is 16.5 Å². The van der Waals surface area contributed by atoms with E-state index in [2.05, 4.69) is 4.99 Å². The standard InChI is InChI=1S/C18H21N4O2S/c1-4-5-11-25-17-19-15-14(16(23)21(3)18(24)20(15)2)22(17)12-13-9-7-6-8-10-13/h4-10,14H,11-12H2,1-3H3/q+1/b5-4+. The van der Waals surface area contributed by atoms with Crippen molar-refractivity contribution >= 4 is 34.7 Å². The summed E-state index contributed by atoms with van der Waals surface area (Å²) in [6.45, 7) is 2.54. The lowest BCUT2D eigenvalue weighted by molar-refractivity contribution is -0.548. The number of thioether (sulfide) groups is 1. The van der Waals surface area contributed by atoms with Crippen LogP contribution in [0.4, 0.5) is 4.79 Å². The van der Waals surface area contributed by atoms with E-state index >= 15 is 0 Å². The lowest BCUT2D eigenvalue weighted by Crippen LogP contribution is -2.61. The number of benzene rings is 1. The van der Waals surface area contributed by atoms with E-state index in [0.29, 0.717) is 12.4 Å². The molecule has 1 aromatic carbocycles. The second-order valence-corrected chi connectivity index (χ2v) is 6.87. The Morgan fingerprint density at radius 3 is 2.60 bits per heavy atom. The lowest BCUT2D eigenvalue weighted by atomic mass is 10.1. The fourth-order valence-corrected chi connectivity index (χ4v) is 3.78. The number of hydrogen-bond donors (Lipinski definition) is 0. The number of likely N-dealkylation sites (N-methyl/N-ethyl adjacent to an activating group) is 2. The van der Waals surface area contributed by atoms with Gasteiger partial charge in [-0.2, -0.15) is 0 Å². The van der Waals surface area contributed by atoms with Gasteiger partial charge < -0.3 is 0 Å². The predicted octanol–water partition coefficient (Wildman–Crippen LogP) is 2.17. The number of amides is 3. The normalized spacial score (nSPS) is 20.6. The summed E-state index contributed by atoms with van der Waals surface area (Å²) in [5.74, 6) is 1.04. The molecule has 0 aliphatic carbocycles. The molecule has 3 rings (SSSR count). The van der Waals surface area contributed by atoms with Crippen molar-refractivity contribution in [3.8, 4) is 0 Å². The molecule has 2 aliphatic rings. The molecule has 3 amide bonds. The van der Waals surface area contributed by atoms with Crippen LogP contribution in [0.25, 0.3) is 0 Å². The number of carbonyl (C=O) groups excluding carboxylic acids is 2. The van der Waals surface area contributed by atoms with E-state index in [9.17, 15) is 9.59 Å². The lowest BCUT2D eigenvalue weighted by Gasteiger charge is -2.30. The fourth-order valence-electron chi connectivity index (χ4n) is 2.85.